The van der Waals surface area contributed by atoms with Crippen LogP contribution in [0.2, 0.25) is 0 Å². The number of oxazole rings is 1. The first-order valence-electron chi connectivity index (χ1n) is 9.05. The number of ether oxygens (including phenoxy) is 3. The molecule has 0 bridgehead atoms. The van der Waals surface area contributed by atoms with Crippen LogP contribution in [0.3, 0.4) is 0 Å². The van der Waals surface area contributed by atoms with Crippen molar-refractivity contribution in [3.8, 4) is 17.2 Å². The molecule has 0 saturated carbocycles. The van der Waals surface area contributed by atoms with E-state index in [1.807, 2.05) is 31.2 Å². The van der Waals surface area contributed by atoms with Gasteiger partial charge in [-0.25, -0.2) is 4.98 Å². The van der Waals surface area contributed by atoms with Crippen LogP contribution in [0.5, 0.6) is 5.75 Å². The molecule has 2 atom stereocenters. The van der Waals surface area contributed by atoms with E-state index in [0.717, 1.165) is 29.3 Å². The van der Waals surface area contributed by atoms with E-state index in [1.165, 1.54) is 7.11 Å². The van der Waals surface area contributed by atoms with Crippen LogP contribution in [0, 0.1) is 18.3 Å². The molecule has 0 radical (unpaired) electrons. The summed E-state index contributed by atoms with van der Waals surface area (Å²) in [7, 11) is 3.07. The molecule has 2 aromatic rings. The molecule has 0 N–H and O–H groups in total. The number of nitrogens with zero attached hydrogens (tertiary/aromatic N) is 2. The van der Waals surface area contributed by atoms with E-state index in [2.05, 4.69) is 4.90 Å². The van der Waals surface area contributed by atoms with Gasteiger partial charge in [0.15, 0.2) is 0 Å². The number of aromatic nitrogens is 1. The lowest BCUT2D eigenvalue weighted by Crippen LogP contribution is -2.40. The predicted molar refractivity (Wildman–Crippen MR) is 97.3 cm³/mol. The highest BCUT2D eigenvalue weighted by Gasteiger charge is 2.56. The molecule has 2 saturated heterocycles. The van der Waals surface area contributed by atoms with Crippen molar-refractivity contribution in [2.75, 3.05) is 40.5 Å². The lowest BCUT2D eigenvalue weighted by atomic mass is 9.81. The van der Waals surface area contributed by atoms with Crippen LogP contribution >= 0.6 is 0 Å². The van der Waals surface area contributed by atoms with Gasteiger partial charge in [-0.2, -0.15) is 0 Å². The highest BCUT2D eigenvalue weighted by atomic mass is 16.5. The summed E-state index contributed by atoms with van der Waals surface area (Å²) < 4.78 is 21.9. The molecule has 2 aliphatic heterocycles. The maximum Gasteiger partial charge on any atom is 0.315 e. The number of hydrogen-bond acceptors (Lipinski definition) is 7. The maximum absolute atomic E-state index is 12.4. The molecule has 7 nitrogen and oxygen atoms in total. The van der Waals surface area contributed by atoms with E-state index < -0.39 is 5.41 Å². The van der Waals surface area contributed by atoms with Crippen molar-refractivity contribution in [2.45, 2.75) is 13.5 Å². The van der Waals surface area contributed by atoms with Gasteiger partial charge in [-0.3, -0.25) is 9.69 Å². The third kappa shape index (κ3) is 3.00. The van der Waals surface area contributed by atoms with Crippen molar-refractivity contribution in [1.29, 1.82) is 0 Å². The quantitative estimate of drug-likeness (QED) is 0.746. The maximum atomic E-state index is 12.4. The summed E-state index contributed by atoms with van der Waals surface area (Å²) in [6.45, 7) is 4.95. The van der Waals surface area contributed by atoms with Crippen molar-refractivity contribution in [2.24, 2.45) is 11.3 Å². The molecule has 7 heteroatoms. The second-order valence-corrected chi connectivity index (χ2v) is 7.25. The highest BCUT2D eigenvalue weighted by molar-refractivity contribution is 5.78. The molecule has 2 aliphatic rings. The lowest BCUT2D eigenvalue weighted by Gasteiger charge is -2.23. The smallest absolute Gasteiger partial charge is 0.315 e. The molecular formula is C20H24N2O5. The van der Waals surface area contributed by atoms with Crippen molar-refractivity contribution in [1.82, 2.24) is 9.88 Å². The number of aryl methyl sites for hydroxylation is 1. The number of benzene rings is 1. The minimum absolute atomic E-state index is 0.158. The normalized spacial score (nSPS) is 24.8. The van der Waals surface area contributed by atoms with Crippen LogP contribution in [-0.2, 0) is 20.8 Å². The van der Waals surface area contributed by atoms with Gasteiger partial charge in [-0.1, -0.05) is 12.1 Å². The zero-order valence-corrected chi connectivity index (χ0v) is 15.9. The Labute approximate surface area is 158 Å². The Morgan fingerprint density at radius 2 is 2.19 bits per heavy atom. The van der Waals surface area contributed by atoms with Crippen LogP contribution in [0.15, 0.2) is 28.7 Å². The Balaban J connectivity index is 1.55. The predicted octanol–water partition coefficient (Wildman–Crippen LogP) is 2.28. The molecule has 0 aliphatic carbocycles. The molecule has 144 valence electrons. The van der Waals surface area contributed by atoms with E-state index in [4.69, 9.17) is 23.6 Å². The van der Waals surface area contributed by atoms with Crippen LogP contribution in [-0.4, -0.2) is 56.4 Å². The number of carbonyl (C=O) groups excluding carboxylic acids is 1. The number of rotatable bonds is 5. The summed E-state index contributed by atoms with van der Waals surface area (Å²) in [5.74, 6) is 2.02. The number of likely N-dealkylation sites (tertiary alicyclic amines) is 1. The van der Waals surface area contributed by atoms with Gasteiger partial charge < -0.3 is 18.6 Å². The average molecular weight is 372 g/mol. The number of para-hydroxylation sites is 1. The van der Waals surface area contributed by atoms with Crippen LogP contribution in [0.4, 0.5) is 0 Å². The topological polar surface area (TPSA) is 74.0 Å². The fourth-order valence-electron chi connectivity index (χ4n) is 4.18. The van der Waals surface area contributed by atoms with Crippen molar-refractivity contribution < 1.29 is 23.4 Å². The summed E-state index contributed by atoms with van der Waals surface area (Å²) >= 11 is 0. The monoisotopic (exact) mass is 372 g/mol. The van der Waals surface area contributed by atoms with Crippen LogP contribution in [0.1, 0.15) is 11.5 Å². The molecule has 0 spiro atoms. The first-order chi connectivity index (χ1) is 13.1. The summed E-state index contributed by atoms with van der Waals surface area (Å²) in [4.78, 5) is 19.3. The van der Waals surface area contributed by atoms with Gasteiger partial charge in [0.05, 0.1) is 38.7 Å². The Morgan fingerprint density at radius 1 is 1.37 bits per heavy atom. The van der Waals surface area contributed by atoms with Gasteiger partial charge in [0.25, 0.3) is 0 Å². The van der Waals surface area contributed by atoms with Crippen molar-refractivity contribution in [3.05, 3.63) is 35.7 Å². The van der Waals surface area contributed by atoms with E-state index >= 15 is 0 Å². The first kappa shape index (κ1) is 18.0. The van der Waals surface area contributed by atoms with Crippen LogP contribution < -0.4 is 4.74 Å². The Hall–Kier alpha value is -2.38. The van der Waals surface area contributed by atoms with Crippen molar-refractivity contribution >= 4 is 5.97 Å². The fraction of sp³-hybridized carbons (Fsp3) is 0.500. The molecule has 0 amide bonds. The second-order valence-electron chi connectivity index (χ2n) is 7.25. The third-order valence-electron chi connectivity index (χ3n) is 5.64. The van der Waals surface area contributed by atoms with E-state index in [0.29, 0.717) is 32.2 Å². The fourth-order valence-corrected chi connectivity index (χ4v) is 4.18. The average Bonchev–Trinajstić information content (AvgIpc) is 3.34. The van der Waals surface area contributed by atoms with E-state index in [9.17, 15) is 4.79 Å². The number of carbonyl (C=O) groups is 1. The minimum Gasteiger partial charge on any atom is -0.496 e. The third-order valence-corrected chi connectivity index (χ3v) is 5.64. The van der Waals surface area contributed by atoms with Gasteiger partial charge in [0.2, 0.25) is 5.89 Å². The minimum atomic E-state index is -0.558. The van der Waals surface area contributed by atoms with Crippen LogP contribution in [0.25, 0.3) is 11.5 Å². The van der Waals surface area contributed by atoms with Crippen molar-refractivity contribution in [3.63, 3.8) is 0 Å². The van der Waals surface area contributed by atoms with Gasteiger partial charge in [-0.15, -0.1) is 0 Å². The summed E-state index contributed by atoms with van der Waals surface area (Å²) in [5.41, 5.74) is 1.14. The van der Waals surface area contributed by atoms with Gasteiger partial charge in [0, 0.05) is 25.6 Å². The molecule has 27 heavy (non-hydrogen) atoms. The Bertz CT molecular complexity index is 849. The molecule has 4 rings (SSSR count). The summed E-state index contributed by atoms with van der Waals surface area (Å²) in [5, 5.41) is 0. The molecular weight excluding hydrogens is 348 g/mol. The molecule has 1 aromatic heterocycles. The van der Waals surface area contributed by atoms with E-state index in [1.54, 1.807) is 7.11 Å². The van der Waals surface area contributed by atoms with Gasteiger partial charge in [0.1, 0.15) is 16.9 Å². The number of esters is 1. The molecule has 2 fully saturated rings. The first-order valence-corrected chi connectivity index (χ1v) is 9.05. The van der Waals surface area contributed by atoms with E-state index in [-0.39, 0.29) is 11.9 Å². The zero-order chi connectivity index (χ0) is 19.0. The Kier molecular flexibility index (Phi) is 4.65. The highest BCUT2D eigenvalue weighted by Crippen LogP contribution is 2.43. The zero-order valence-electron chi connectivity index (χ0n) is 15.9. The summed E-state index contributed by atoms with van der Waals surface area (Å²) in [6, 6.07) is 7.66. The number of methoxy groups -OCH3 is 2. The standard InChI is InChI=1S/C20H24N2O5/c1-13-16(21-18(27-13)15-6-4-5-7-17(15)24-2)9-22-8-14-10-26-12-20(14,11-22)19(23)25-3/h4-7,14H,8-12H2,1-3H3/t14-,20-/m0/s1. The van der Waals surface area contributed by atoms with Gasteiger partial charge in [-0.05, 0) is 19.1 Å². The Morgan fingerprint density at radius 3 is 2.96 bits per heavy atom. The second kappa shape index (κ2) is 6.98. The lowest BCUT2D eigenvalue weighted by molar-refractivity contribution is -0.153. The largest absolute Gasteiger partial charge is 0.496 e. The SMILES string of the molecule is COC(=O)[C@@]12COC[C@@H]1CN(Cc1nc(-c3ccccc3OC)oc1C)C2. The molecule has 3 heterocycles. The molecule has 1 aromatic carbocycles. The number of hydrogen-bond donors (Lipinski definition) is 0. The summed E-state index contributed by atoms with van der Waals surface area (Å²) in [6.07, 6.45) is 0. The number of fused-ring (bicyclic) bond motifs is 1. The molecule has 0 unspecified atom stereocenters. The van der Waals surface area contributed by atoms with Gasteiger partial charge >= 0.3 is 5.97 Å².